The van der Waals surface area contributed by atoms with Crippen LogP contribution in [0.15, 0.2) is 0 Å². The summed E-state index contributed by atoms with van der Waals surface area (Å²) in [5.74, 6) is 0.476. The quantitative estimate of drug-likeness (QED) is 0.832. The van der Waals surface area contributed by atoms with Crippen molar-refractivity contribution in [1.82, 2.24) is 10.2 Å². The van der Waals surface area contributed by atoms with E-state index < -0.39 is 5.54 Å². The Kier molecular flexibility index (Phi) is 4.99. The second kappa shape index (κ2) is 5.93. The Bertz CT molecular complexity index is 346. The molecule has 0 radical (unpaired) electrons. The Morgan fingerprint density at radius 3 is 2.05 bits per heavy atom. The molecule has 110 valence electrons. The third kappa shape index (κ3) is 2.93. The van der Waals surface area contributed by atoms with E-state index in [4.69, 9.17) is 0 Å². The van der Waals surface area contributed by atoms with E-state index in [-0.39, 0.29) is 23.9 Å². The number of nitrogens with one attached hydrogen (secondary N) is 1. The molecular formula is C15H28N2O2. The highest BCUT2D eigenvalue weighted by Gasteiger charge is 2.49. The van der Waals surface area contributed by atoms with Gasteiger partial charge in [0.2, 0.25) is 11.8 Å². The maximum atomic E-state index is 12.8. The van der Waals surface area contributed by atoms with Gasteiger partial charge in [-0.15, -0.1) is 0 Å². The molecule has 2 amide bonds. The van der Waals surface area contributed by atoms with E-state index in [1.165, 1.54) is 0 Å². The van der Waals surface area contributed by atoms with E-state index in [0.717, 1.165) is 6.42 Å². The second-order valence-electron chi connectivity index (χ2n) is 6.23. The van der Waals surface area contributed by atoms with Crippen molar-refractivity contribution >= 4 is 11.8 Å². The molecule has 1 fully saturated rings. The smallest absolute Gasteiger partial charge is 0.249 e. The van der Waals surface area contributed by atoms with Crippen molar-refractivity contribution in [2.45, 2.75) is 78.4 Å². The Balaban J connectivity index is 3.13. The van der Waals surface area contributed by atoms with Crippen LogP contribution < -0.4 is 5.32 Å². The van der Waals surface area contributed by atoms with Gasteiger partial charge in [0.15, 0.2) is 0 Å². The lowest BCUT2D eigenvalue weighted by molar-refractivity contribution is -0.158. The molecule has 1 N–H and O–H groups in total. The Morgan fingerprint density at radius 2 is 1.68 bits per heavy atom. The third-order valence-electron chi connectivity index (χ3n) is 4.10. The van der Waals surface area contributed by atoms with Crippen molar-refractivity contribution in [1.29, 1.82) is 0 Å². The lowest BCUT2D eigenvalue weighted by atomic mass is 9.85. The number of amides is 2. The van der Waals surface area contributed by atoms with Gasteiger partial charge in [0.05, 0.1) is 0 Å². The lowest BCUT2D eigenvalue weighted by Crippen LogP contribution is -2.71. The molecule has 0 aliphatic carbocycles. The molecule has 0 saturated carbocycles. The zero-order valence-electron chi connectivity index (χ0n) is 13.1. The number of piperazine rings is 1. The van der Waals surface area contributed by atoms with E-state index in [0.29, 0.717) is 18.8 Å². The van der Waals surface area contributed by atoms with Crippen LogP contribution in [-0.4, -0.2) is 34.3 Å². The summed E-state index contributed by atoms with van der Waals surface area (Å²) in [5, 5.41) is 2.99. The van der Waals surface area contributed by atoms with Crippen LogP contribution in [0.25, 0.3) is 0 Å². The summed E-state index contributed by atoms with van der Waals surface area (Å²) < 4.78 is 0. The number of nitrogens with zero attached hydrogens (tertiary/aromatic N) is 1. The fourth-order valence-corrected chi connectivity index (χ4v) is 2.88. The first-order valence-corrected chi connectivity index (χ1v) is 7.43. The van der Waals surface area contributed by atoms with Crippen LogP contribution in [0.3, 0.4) is 0 Å². The van der Waals surface area contributed by atoms with Gasteiger partial charge < -0.3 is 10.2 Å². The van der Waals surface area contributed by atoms with Crippen LogP contribution in [0.5, 0.6) is 0 Å². The third-order valence-corrected chi connectivity index (χ3v) is 4.10. The molecule has 1 rings (SSSR count). The van der Waals surface area contributed by atoms with Crippen LogP contribution >= 0.6 is 0 Å². The molecule has 1 saturated heterocycles. The van der Waals surface area contributed by atoms with Crippen LogP contribution in [-0.2, 0) is 9.59 Å². The van der Waals surface area contributed by atoms with Gasteiger partial charge in [-0.05, 0) is 39.0 Å². The zero-order chi connectivity index (χ0) is 14.8. The second-order valence-corrected chi connectivity index (χ2v) is 6.23. The normalized spacial score (nSPS) is 23.2. The molecule has 4 heteroatoms. The standard InChI is InChI=1S/C15H28N2O2/c1-7-15(8-2)14(19)17(11(5)6)12(9-10(3)4)13(18)16-15/h10-12H,7-9H2,1-6H3,(H,16,18). The first kappa shape index (κ1) is 16.0. The lowest BCUT2D eigenvalue weighted by Gasteiger charge is -2.47. The molecule has 0 bridgehead atoms. The number of hydrogen-bond acceptors (Lipinski definition) is 2. The van der Waals surface area contributed by atoms with E-state index in [1.54, 1.807) is 4.90 Å². The Morgan fingerprint density at radius 1 is 1.16 bits per heavy atom. The summed E-state index contributed by atoms with van der Waals surface area (Å²) in [7, 11) is 0. The van der Waals surface area contributed by atoms with Crippen LogP contribution in [0.2, 0.25) is 0 Å². The molecule has 1 atom stereocenters. The molecule has 0 aromatic rings. The molecule has 19 heavy (non-hydrogen) atoms. The maximum absolute atomic E-state index is 12.8. The fraction of sp³-hybridized carbons (Fsp3) is 0.867. The Labute approximate surface area is 116 Å². The molecular weight excluding hydrogens is 240 g/mol. The highest BCUT2D eigenvalue weighted by Crippen LogP contribution is 2.29. The minimum absolute atomic E-state index is 0.00528. The van der Waals surface area contributed by atoms with E-state index in [1.807, 2.05) is 27.7 Å². The average molecular weight is 268 g/mol. The first-order valence-electron chi connectivity index (χ1n) is 7.43. The van der Waals surface area contributed by atoms with E-state index in [9.17, 15) is 9.59 Å². The zero-order valence-corrected chi connectivity index (χ0v) is 13.1. The summed E-state index contributed by atoms with van der Waals surface area (Å²) >= 11 is 0. The Hall–Kier alpha value is -1.06. The number of hydrogen-bond donors (Lipinski definition) is 1. The number of rotatable bonds is 5. The van der Waals surface area contributed by atoms with Gasteiger partial charge in [-0.1, -0.05) is 27.7 Å². The summed E-state index contributed by atoms with van der Waals surface area (Å²) in [6.07, 6.45) is 2.01. The van der Waals surface area contributed by atoms with E-state index in [2.05, 4.69) is 19.2 Å². The molecule has 4 nitrogen and oxygen atoms in total. The maximum Gasteiger partial charge on any atom is 0.249 e. The number of carbonyl (C=O) groups is 2. The highest BCUT2D eigenvalue weighted by atomic mass is 16.2. The van der Waals surface area contributed by atoms with Gasteiger partial charge in [-0.2, -0.15) is 0 Å². The van der Waals surface area contributed by atoms with Gasteiger partial charge in [0.25, 0.3) is 0 Å². The van der Waals surface area contributed by atoms with Crippen molar-refractivity contribution in [3.8, 4) is 0 Å². The molecule has 0 aromatic heterocycles. The van der Waals surface area contributed by atoms with Crippen molar-refractivity contribution < 1.29 is 9.59 Å². The average Bonchev–Trinajstić information content (AvgIpc) is 2.32. The van der Waals surface area contributed by atoms with Gasteiger partial charge in [0, 0.05) is 6.04 Å². The van der Waals surface area contributed by atoms with Crippen molar-refractivity contribution in [3.05, 3.63) is 0 Å². The molecule has 0 spiro atoms. The summed E-state index contributed by atoms with van der Waals surface area (Å²) in [6.45, 7) is 12.1. The summed E-state index contributed by atoms with van der Waals surface area (Å²) in [6, 6.07) is -0.265. The summed E-state index contributed by atoms with van der Waals surface area (Å²) in [5.41, 5.74) is -0.700. The largest absolute Gasteiger partial charge is 0.340 e. The van der Waals surface area contributed by atoms with Crippen LogP contribution in [0.4, 0.5) is 0 Å². The number of carbonyl (C=O) groups excluding carboxylic acids is 2. The van der Waals surface area contributed by atoms with Gasteiger partial charge in [0.1, 0.15) is 11.6 Å². The molecule has 1 heterocycles. The predicted molar refractivity (Wildman–Crippen MR) is 76.7 cm³/mol. The first-order chi connectivity index (χ1) is 8.79. The van der Waals surface area contributed by atoms with E-state index >= 15 is 0 Å². The van der Waals surface area contributed by atoms with Crippen LogP contribution in [0, 0.1) is 5.92 Å². The van der Waals surface area contributed by atoms with Crippen molar-refractivity contribution in [3.63, 3.8) is 0 Å². The topological polar surface area (TPSA) is 49.4 Å². The van der Waals surface area contributed by atoms with Gasteiger partial charge in [-0.25, -0.2) is 0 Å². The molecule has 0 aromatic carbocycles. The monoisotopic (exact) mass is 268 g/mol. The van der Waals surface area contributed by atoms with Crippen molar-refractivity contribution in [2.24, 2.45) is 5.92 Å². The van der Waals surface area contributed by atoms with Gasteiger partial charge >= 0.3 is 0 Å². The minimum Gasteiger partial charge on any atom is -0.340 e. The van der Waals surface area contributed by atoms with Crippen LogP contribution in [0.1, 0.15) is 60.8 Å². The molecule has 1 aliphatic heterocycles. The van der Waals surface area contributed by atoms with Gasteiger partial charge in [-0.3, -0.25) is 9.59 Å². The predicted octanol–water partition coefficient (Wildman–Crippen LogP) is 2.33. The molecule has 1 unspecified atom stereocenters. The molecule has 1 aliphatic rings. The fourth-order valence-electron chi connectivity index (χ4n) is 2.88. The summed E-state index contributed by atoms with van der Waals surface area (Å²) in [4.78, 5) is 27.0. The van der Waals surface area contributed by atoms with Crippen molar-refractivity contribution in [2.75, 3.05) is 0 Å². The minimum atomic E-state index is -0.700. The highest BCUT2D eigenvalue weighted by molar-refractivity contribution is 6.00. The SMILES string of the molecule is CCC1(CC)NC(=O)C(CC(C)C)N(C(C)C)C1=O.